The van der Waals surface area contributed by atoms with Crippen LogP contribution in [0.25, 0.3) is 0 Å². The minimum Gasteiger partial charge on any atom is -0.494 e. The number of carbonyl (C=O) groups excluding carboxylic acids is 2. The number of nitrogens with zero attached hydrogens (tertiary/aromatic N) is 2. The van der Waals surface area contributed by atoms with E-state index in [-0.39, 0.29) is 11.4 Å². The first-order valence-corrected chi connectivity index (χ1v) is 15.7. The molecule has 3 aromatic rings. The maximum absolute atomic E-state index is 14.1. The summed E-state index contributed by atoms with van der Waals surface area (Å²) in [6.07, 6.45) is 0. The maximum atomic E-state index is 14.1. The lowest BCUT2D eigenvalue weighted by Crippen LogP contribution is -2.54. The summed E-state index contributed by atoms with van der Waals surface area (Å²) < 4.78 is 34.5. The average Bonchev–Trinajstić information content (AvgIpc) is 2.91. The number of anilines is 1. The first-order chi connectivity index (χ1) is 19.6. The molecule has 0 bridgehead atoms. The zero-order chi connectivity index (χ0) is 31.2. The summed E-state index contributed by atoms with van der Waals surface area (Å²) in [5.41, 5.74) is 1.23. The molecule has 3 aromatic carbocycles. The van der Waals surface area contributed by atoms with Crippen LogP contribution in [0.2, 0.25) is 10.0 Å². The number of aryl methyl sites for hydroxylation is 1. The normalized spacial score (nSPS) is 12.4. The molecule has 1 atom stereocenters. The van der Waals surface area contributed by atoms with Gasteiger partial charge in [-0.25, -0.2) is 8.42 Å². The lowest BCUT2D eigenvalue weighted by Gasteiger charge is -2.33. The van der Waals surface area contributed by atoms with E-state index >= 15 is 0 Å². The van der Waals surface area contributed by atoms with Crippen LogP contribution in [0, 0.1) is 6.92 Å². The van der Waals surface area contributed by atoms with Crippen molar-refractivity contribution in [3.8, 4) is 5.75 Å². The van der Waals surface area contributed by atoms with Crippen molar-refractivity contribution < 1.29 is 22.7 Å². The highest BCUT2D eigenvalue weighted by atomic mass is 35.5. The molecule has 8 nitrogen and oxygen atoms in total. The van der Waals surface area contributed by atoms with Crippen LogP contribution in [0.3, 0.4) is 0 Å². The monoisotopic (exact) mass is 633 g/mol. The van der Waals surface area contributed by atoms with Crippen molar-refractivity contribution in [2.24, 2.45) is 0 Å². The van der Waals surface area contributed by atoms with Gasteiger partial charge in [-0.1, -0.05) is 47.0 Å². The number of benzene rings is 3. The molecular formula is C31H37Cl2N3O5S. The Kier molecular flexibility index (Phi) is 10.9. The van der Waals surface area contributed by atoms with Crippen LogP contribution in [-0.2, 0) is 26.2 Å². The second-order valence-corrected chi connectivity index (χ2v) is 13.6. The Labute approximate surface area is 258 Å². The Hall–Kier alpha value is -3.27. The van der Waals surface area contributed by atoms with Crippen LogP contribution in [0.15, 0.2) is 71.6 Å². The van der Waals surface area contributed by atoms with Crippen molar-refractivity contribution in [2.45, 2.75) is 64.6 Å². The van der Waals surface area contributed by atoms with Gasteiger partial charge >= 0.3 is 0 Å². The number of hydrogen-bond donors (Lipinski definition) is 1. The molecule has 0 spiro atoms. The second kappa shape index (κ2) is 13.8. The summed E-state index contributed by atoms with van der Waals surface area (Å²) in [5, 5.41) is 3.64. The predicted molar refractivity (Wildman–Crippen MR) is 168 cm³/mol. The third-order valence-corrected chi connectivity index (χ3v) is 8.72. The lowest BCUT2D eigenvalue weighted by molar-refractivity contribution is -0.140. The van der Waals surface area contributed by atoms with E-state index in [2.05, 4.69) is 5.32 Å². The fourth-order valence-electron chi connectivity index (χ4n) is 4.13. The number of nitrogens with one attached hydrogen (secondary N) is 1. The molecule has 0 aliphatic carbocycles. The summed E-state index contributed by atoms with van der Waals surface area (Å²) in [5.74, 6) is -0.455. The number of sulfonamides is 1. The van der Waals surface area contributed by atoms with Gasteiger partial charge in [-0.3, -0.25) is 13.9 Å². The van der Waals surface area contributed by atoms with Gasteiger partial charge in [0.15, 0.2) is 0 Å². The van der Waals surface area contributed by atoms with E-state index in [4.69, 9.17) is 27.9 Å². The molecule has 0 aliphatic heterocycles. The smallest absolute Gasteiger partial charge is 0.264 e. The van der Waals surface area contributed by atoms with Gasteiger partial charge in [0.25, 0.3) is 10.0 Å². The Morgan fingerprint density at radius 1 is 0.976 bits per heavy atom. The van der Waals surface area contributed by atoms with Gasteiger partial charge in [0, 0.05) is 22.1 Å². The van der Waals surface area contributed by atoms with Crippen LogP contribution < -0.4 is 14.4 Å². The SMILES string of the molecule is CCOc1ccc(S(=O)(=O)N(CC(=O)N(Cc2ccc(Cl)cc2Cl)[C@@H](C)C(=O)NC(C)(C)C)c2ccc(C)cc2)cc1. The highest BCUT2D eigenvalue weighted by molar-refractivity contribution is 7.92. The number of carbonyl (C=O) groups is 2. The van der Waals surface area contributed by atoms with Crippen molar-refractivity contribution in [2.75, 3.05) is 17.5 Å². The van der Waals surface area contributed by atoms with Crippen molar-refractivity contribution in [1.82, 2.24) is 10.2 Å². The molecule has 1 N–H and O–H groups in total. The summed E-state index contributed by atoms with van der Waals surface area (Å²) in [6.45, 7) is 10.7. The van der Waals surface area contributed by atoms with E-state index in [1.807, 2.05) is 34.6 Å². The van der Waals surface area contributed by atoms with E-state index < -0.39 is 40.0 Å². The van der Waals surface area contributed by atoms with Crippen molar-refractivity contribution in [3.05, 3.63) is 87.9 Å². The number of amides is 2. The molecule has 3 rings (SSSR count). The summed E-state index contributed by atoms with van der Waals surface area (Å²) in [4.78, 5) is 28.6. The molecule has 0 radical (unpaired) electrons. The Bertz CT molecular complexity index is 1510. The van der Waals surface area contributed by atoms with E-state index in [1.54, 1.807) is 61.5 Å². The van der Waals surface area contributed by atoms with Crippen LogP contribution in [0.4, 0.5) is 5.69 Å². The van der Waals surface area contributed by atoms with Crippen molar-refractivity contribution in [3.63, 3.8) is 0 Å². The molecule has 0 unspecified atom stereocenters. The van der Waals surface area contributed by atoms with E-state index in [0.717, 1.165) is 9.87 Å². The minimum absolute atomic E-state index is 0.00912. The van der Waals surface area contributed by atoms with Gasteiger partial charge in [0.2, 0.25) is 11.8 Å². The topological polar surface area (TPSA) is 96.0 Å². The molecule has 0 saturated heterocycles. The Morgan fingerprint density at radius 3 is 2.14 bits per heavy atom. The van der Waals surface area contributed by atoms with E-state index in [1.165, 1.54) is 17.0 Å². The maximum Gasteiger partial charge on any atom is 0.264 e. The Balaban J connectivity index is 2.05. The van der Waals surface area contributed by atoms with Gasteiger partial charge in [0.05, 0.1) is 17.2 Å². The molecule has 0 heterocycles. The van der Waals surface area contributed by atoms with Crippen molar-refractivity contribution >= 4 is 50.7 Å². The number of halogens is 2. The molecule has 11 heteroatoms. The molecule has 0 saturated carbocycles. The zero-order valence-electron chi connectivity index (χ0n) is 24.6. The standard InChI is InChI=1S/C31H37Cl2N3O5S/c1-7-41-26-14-16-27(17-15-26)42(39,40)36(25-12-8-21(2)9-13-25)20-29(37)35(22(3)30(38)34-31(4,5)6)19-23-10-11-24(32)18-28(23)33/h8-18,22H,7,19-20H2,1-6H3,(H,34,38)/t22-/m0/s1. The third kappa shape index (κ3) is 8.63. The fraction of sp³-hybridized carbons (Fsp3) is 0.355. The molecule has 0 aromatic heterocycles. The van der Waals surface area contributed by atoms with Gasteiger partial charge in [-0.2, -0.15) is 0 Å². The van der Waals surface area contributed by atoms with Gasteiger partial charge in [-0.15, -0.1) is 0 Å². The second-order valence-electron chi connectivity index (χ2n) is 10.9. The molecular weight excluding hydrogens is 597 g/mol. The first kappa shape index (κ1) is 33.2. The average molecular weight is 635 g/mol. The summed E-state index contributed by atoms with van der Waals surface area (Å²) in [6, 6.07) is 16.8. The molecule has 226 valence electrons. The molecule has 0 aliphatic rings. The van der Waals surface area contributed by atoms with Gasteiger partial charge in [-0.05, 0) is 95.6 Å². The Morgan fingerprint density at radius 2 is 1.60 bits per heavy atom. The van der Waals surface area contributed by atoms with Crippen LogP contribution >= 0.6 is 23.2 Å². The zero-order valence-corrected chi connectivity index (χ0v) is 27.0. The lowest BCUT2D eigenvalue weighted by atomic mass is 10.1. The summed E-state index contributed by atoms with van der Waals surface area (Å²) in [7, 11) is -4.20. The van der Waals surface area contributed by atoms with Gasteiger partial charge in [0.1, 0.15) is 18.3 Å². The molecule has 42 heavy (non-hydrogen) atoms. The number of rotatable bonds is 11. The predicted octanol–water partition coefficient (Wildman–Crippen LogP) is 6.23. The van der Waals surface area contributed by atoms with Crippen LogP contribution in [0.1, 0.15) is 45.7 Å². The molecule has 2 amide bonds. The van der Waals surface area contributed by atoms with E-state index in [0.29, 0.717) is 33.7 Å². The number of ether oxygens (including phenoxy) is 1. The highest BCUT2D eigenvalue weighted by Gasteiger charge is 2.33. The summed E-state index contributed by atoms with van der Waals surface area (Å²) >= 11 is 12.5. The quantitative estimate of drug-likeness (QED) is 0.270. The van der Waals surface area contributed by atoms with Crippen LogP contribution in [0.5, 0.6) is 5.75 Å². The third-order valence-electron chi connectivity index (χ3n) is 6.34. The largest absolute Gasteiger partial charge is 0.494 e. The van der Waals surface area contributed by atoms with Crippen molar-refractivity contribution in [1.29, 1.82) is 0 Å². The molecule has 0 fully saturated rings. The van der Waals surface area contributed by atoms with Crippen LogP contribution in [-0.4, -0.2) is 49.9 Å². The van der Waals surface area contributed by atoms with Gasteiger partial charge < -0.3 is 15.0 Å². The minimum atomic E-state index is -4.20. The first-order valence-electron chi connectivity index (χ1n) is 13.5. The highest BCUT2D eigenvalue weighted by Crippen LogP contribution is 2.27. The van der Waals surface area contributed by atoms with E-state index in [9.17, 15) is 18.0 Å². The number of hydrogen-bond acceptors (Lipinski definition) is 5. The fourth-order valence-corrected chi connectivity index (χ4v) is 6.01.